The van der Waals surface area contributed by atoms with Crippen molar-refractivity contribution in [1.82, 2.24) is 0 Å². The van der Waals surface area contributed by atoms with E-state index in [2.05, 4.69) is 13.1 Å². The molecule has 0 amide bonds. The second-order valence-corrected chi connectivity index (χ2v) is 13.3. The van der Waals surface area contributed by atoms with Crippen LogP contribution < -0.4 is 0 Å². The van der Waals surface area contributed by atoms with Crippen molar-refractivity contribution in [2.45, 2.75) is 19.6 Å². The van der Waals surface area contributed by atoms with Crippen LogP contribution in [0.15, 0.2) is 0 Å². The van der Waals surface area contributed by atoms with E-state index in [0.717, 1.165) is 18.1 Å². The molecule has 0 N–H and O–H groups in total. The first kappa shape index (κ1) is 17.0. The van der Waals surface area contributed by atoms with E-state index >= 15 is 0 Å². The van der Waals surface area contributed by atoms with Gasteiger partial charge in [0.05, 0.1) is 0 Å². The van der Waals surface area contributed by atoms with Crippen molar-refractivity contribution in [3.8, 4) is 0 Å². The Kier molecular flexibility index (Phi) is 7.85. The Labute approximate surface area is 121 Å². The quantitative estimate of drug-likeness (QED) is 0.688. The summed E-state index contributed by atoms with van der Waals surface area (Å²) in [5.41, 5.74) is 0. The molecule has 1 rings (SSSR count). The minimum atomic E-state index is -2.52. The molecule has 0 aliphatic carbocycles. The van der Waals surface area contributed by atoms with Crippen LogP contribution in [0.25, 0.3) is 0 Å². The minimum absolute atomic E-state index is 0.691. The predicted molar refractivity (Wildman–Crippen MR) is 83.7 cm³/mol. The van der Waals surface area contributed by atoms with Crippen LogP contribution in [0, 0.1) is 0 Å². The summed E-state index contributed by atoms with van der Waals surface area (Å²) in [6.45, 7) is 7.50. The van der Waals surface area contributed by atoms with Crippen molar-refractivity contribution in [3.05, 3.63) is 0 Å². The molecule has 1 heterocycles. The third-order valence-electron chi connectivity index (χ3n) is 2.44. The van der Waals surface area contributed by atoms with Crippen LogP contribution in [0.1, 0.15) is 0 Å². The molecule has 4 nitrogen and oxygen atoms in total. The van der Waals surface area contributed by atoms with Gasteiger partial charge in [-0.1, -0.05) is 0 Å². The fourth-order valence-corrected chi connectivity index (χ4v) is 9.17. The fraction of sp³-hybridized carbons (Fsp3) is 1.00. The zero-order valence-electron chi connectivity index (χ0n) is 11.7. The first-order chi connectivity index (χ1) is 8.47. The molecular formula is C10H24O4S2Si2. The lowest BCUT2D eigenvalue weighted by molar-refractivity contribution is 0.122. The molecule has 18 heavy (non-hydrogen) atoms. The Morgan fingerprint density at radius 3 is 2.00 bits per heavy atom. The largest absolute Gasteiger partial charge is 0.488 e. The molecular weight excluding hydrogens is 304 g/mol. The fourth-order valence-electron chi connectivity index (χ4n) is 1.56. The van der Waals surface area contributed by atoms with E-state index in [1.54, 1.807) is 7.11 Å². The molecule has 1 saturated heterocycles. The van der Waals surface area contributed by atoms with E-state index in [0.29, 0.717) is 6.61 Å². The summed E-state index contributed by atoms with van der Waals surface area (Å²) >= 11 is 3.86. The van der Waals surface area contributed by atoms with Crippen LogP contribution in [-0.2, 0) is 17.4 Å². The maximum Gasteiger partial charge on any atom is 0.488 e. The summed E-state index contributed by atoms with van der Waals surface area (Å²) < 4.78 is 23.3. The summed E-state index contributed by atoms with van der Waals surface area (Å²) in [6.07, 6.45) is 0. The number of hydrogen-bond acceptors (Lipinski definition) is 6. The Bertz CT molecular complexity index is 246. The summed E-state index contributed by atoms with van der Waals surface area (Å²) in [5, 5.41) is 0. The van der Waals surface area contributed by atoms with E-state index in [9.17, 15) is 0 Å². The molecule has 1 aliphatic rings. The molecule has 0 aromatic carbocycles. The van der Waals surface area contributed by atoms with Gasteiger partial charge in [-0.05, 0) is 13.1 Å². The third-order valence-corrected chi connectivity index (χ3v) is 10.4. The van der Waals surface area contributed by atoms with Crippen molar-refractivity contribution in [2.75, 3.05) is 43.3 Å². The Morgan fingerprint density at radius 2 is 1.44 bits per heavy atom. The van der Waals surface area contributed by atoms with Gasteiger partial charge in [-0.25, -0.2) is 0 Å². The maximum atomic E-state index is 6.08. The lowest BCUT2D eigenvalue weighted by atomic mass is 10.9. The van der Waals surface area contributed by atoms with Gasteiger partial charge in [0.15, 0.2) is 0 Å². The SMILES string of the molecule is CO[Si]1(C)OCCSCCSCCO[Si](C)(C)O1. The molecule has 0 aromatic heterocycles. The zero-order chi connectivity index (χ0) is 13.5. The van der Waals surface area contributed by atoms with Crippen molar-refractivity contribution in [2.24, 2.45) is 0 Å². The van der Waals surface area contributed by atoms with Gasteiger partial charge in [0.1, 0.15) is 0 Å². The van der Waals surface area contributed by atoms with Gasteiger partial charge < -0.3 is 17.4 Å². The van der Waals surface area contributed by atoms with E-state index in [1.165, 1.54) is 11.5 Å². The van der Waals surface area contributed by atoms with Gasteiger partial charge in [-0.15, -0.1) is 0 Å². The molecule has 108 valence electrons. The first-order valence-electron chi connectivity index (χ1n) is 6.16. The molecule has 0 radical (unpaired) electrons. The Hall–Kier alpha value is 0.974. The highest BCUT2D eigenvalue weighted by Gasteiger charge is 2.42. The highest BCUT2D eigenvalue weighted by atomic mass is 32.2. The van der Waals surface area contributed by atoms with Crippen molar-refractivity contribution < 1.29 is 17.4 Å². The molecule has 1 unspecified atom stereocenters. The molecule has 1 fully saturated rings. The van der Waals surface area contributed by atoms with E-state index in [4.69, 9.17) is 17.4 Å². The highest BCUT2D eigenvalue weighted by molar-refractivity contribution is 8.02. The standard InChI is InChI=1S/C10H24O4S2Si2/c1-11-18(4)13-6-8-16-10-9-15-7-5-12-17(2,3)14-18/h5-10H2,1-4H3. The van der Waals surface area contributed by atoms with Crippen LogP contribution in [0.4, 0.5) is 0 Å². The van der Waals surface area contributed by atoms with E-state index in [-0.39, 0.29) is 0 Å². The highest BCUT2D eigenvalue weighted by Crippen LogP contribution is 2.19. The van der Waals surface area contributed by atoms with Crippen molar-refractivity contribution in [1.29, 1.82) is 0 Å². The first-order valence-corrected chi connectivity index (χ1v) is 13.5. The zero-order valence-corrected chi connectivity index (χ0v) is 15.3. The van der Waals surface area contributed by atoms with Crippen molar-refractivity contribution in [3.63, 3.8) is 0 Å². The van der Waals surface area contributed by atoms with Crippen molar-refractivity contribution >= 4 is 40.9 Å². The summed E-state index contributed by atoms with van der Waals surface area (Å²) in [7, 11) is -3.01. The van der Waals surface area contributed by atoms with Gasteiger partial charge in [0, 0.05) is 49.9 Å². The van der Waals surface area contributed by atoms with Gasteiger partial charge in [0.2, 0.25) is 0 Å². The normalized spacial score (nSPS) is 32.0. The summed E-state index contributed by atoms with van der Waals surface area (Å²) in [4.78, 5) is 0. The van der Waals surface area contributed by atoms with Crippen LogP contribution in [0.3, 0.4) is 0 Å². The molecule has 0 spiro atoms. The second kappa shape index (κ2) is 8.30. The maximum absolute atomic E-state index is 6.08. The van der Waals surface area contributed by atoms with Crippen LogP contribution in [0.5, 0.6) is 0 Å². The van der Waals surface area contributed by atoms with Gasteiger partial charge >= 0.3 is 17.4 Å². The molecule has 0 saturated carbocycles. The average molecular weight is 329 g/mol. The lowest BCUT2D eigenvalue weighted by Crippen LogP contribution is -2.52. The second-order valence-electron chi connectivity index (χ2n) is 4.49. The van der Waals surface area contributed by atoms with E-state index in [1.807, 2.05) is 30.1 Å². The topological polar surface area (TPSA) is 36.9 Å². The van der Waals surface area contributed by atoms with Crippen LogP contribution in [-0.4, -0.2) is 60.7 Å². The lowest BCUT2D eigenvalue weighted by Gasteiger charge is -2.32. The van der Waals surface area contributed by atoms with Gasteiger partial charge in [-0.2, -0.15) is 23.5 Å². The summed E-state index contributed by atoms with van der Waals surface area (Å²) in [5.74, 6) is 4.38. The van der Waals surface area contributed by atoms with Gasteiger partial charge in [0.25, 0.3) is 0 Å². The summed E-state index contributed by atoms with van der Waals surface area (Å²) in [6, 6.07) is 0. The van der Waals surface area contributed by atoms with Gasteiger partial charge in [-0.3, -0.25) is 0 Å². The molecule has 1 atom stereocenters. The molecule has 0 bridgehead atoms. The minimum Gasteiger partial charge on any atom is -0.394 e. The molecule has 0 aromatic rings. The van der Waals surface area contributed by atoms with E-state index < -0.39 is 17.4 Å². The smallest absolute Gasteiger partial charge is 0.394 e. The monoisotopic (exact) mass is 328 g/mol. The van der Waals surface area contributed by atoms with Crippen LogP contribution in [0.2, 0.25) is 19.6 Å². The number of hydrogen-bond donors (Lipinski definition) is 0. The number of thioether (sulfide) groups is 2. The molecule has 1 aliphatic heterocycles. The third kappa shape index (κ3) is 6.94. The average Bonchev–Trinajstić information content (AvgIpc) is 2.31. The predicted octanol–water partition coefficient (Wildman–Crippen LogP) is 2.43. The van der Waals surface area contributed by atoms with Crippen LogP contribution >= 0.6 is 23.5 Å². The number of rotatable bonds is 1. The Balaban J connectivity index is 2.57. The molecule has 8 heteroatoms. The Morgan fingerprint density at radius 1 is 0.889 bits per heavy atom.